The van der Waals surface area contributed by atoms with Gasteiger partial charge in [-0.2, -0.15) is 0 Å². The summed E-state index contributed by atoms with van der Waals surface area (Å²) >= 11 is 0. The molecule has 0 amide bonds. The number of sulfone groups is 1. The van der Waals surface area contributed by atoms with Gasteiger partial charge in [-0.25, -0.2) is 17.8 Å². The van der Waals surface area contributed by atoms with Gasteiger partial charge in [0.25, 0.3) is 0 Å². The van der Waals surface area contributed by atoms with Crippen molar-refractivity contribution in [3.8, 4) is 0 Å². The molecule has 0 bridgehead atoms. The molecule has 0 aliphatic carbocycles. The zero-order chi connectivity index (χ0) is 16.4. The molecule has 0 saturated carbocycles. The van der Waals surface area contributed by atoms with Crippen LogP contribution in [-0.4, -0.2) is 19.7 Å². The Bertz CT molecular complexity index is 954. The lowest BCUT2D eigenvalue weighted by Crippen LogP contribution is -2.03. The number of fused-ring (bicyclic) bond motifs is 1. The first kappa shape index (κ1) is 15.4. The van der Waals surface area contributed by atoms with E-state index in [4.69, 9.17) is 0 Å². The zero-order valence-electron chi connectivity index (χ0n) is 12.5. The van der Waals surface area contributed by atoms with Crippen LogP contribution < -0.4 is 5.32 Å². The number of hydrogen-bond acceptors (Lipinski definition) is 4. The molecule has 2 aromatic carbocycles. The topological polar surface area (TPSA) is 59.1 Å². The number of nitrogens with zero attached hydrogens (tertiary/aromatic N) is 1. The second-order valence-electron chi connectivity index (χ2n) is 5.29. The Morgan fingerprint density at radius 2 is 1.83 bits per heavy atom. The second kappa shape index (κ2) is 5.96. The molecule has 3 rings (SSSR count). The normalized spacial score (nSPS) is 11.6. The summed E-state index contributed by atoms with van der Waals surface area (Å²) in [6.45, 7) is 0.465. The van der Waals surface area contributed by atoms with Crippen LogP contribution in [-0.2, 0) is 16.4 Å². The number of hydrogen-bond donors (Lipinski definition) is 1. The van der Waals surface area contributed by atoms with Crippen molar-refractivity contribution in [3.05, 3.63) is 66.1 Å². The molecule has 1 N–H and O–H groups in total. The van der Waals surface area contributed by atoms with E-state index in [9.17, 15) is 12.8 Å². The third kappa shape index (κ3) is 3.48. The van der Waals surface area contributed by atoms with Gasteiger partial charge >= 0.3 is 0 Å². The average molecular weight is 330 g/mol. The Morgan fingerprint density at radius 1 is 1.09 bits per heavy atom. The molecule has 0 fully saturated rings. The van der Waals surface area contributed by atoms with Gasteiger partial charge in [0.05, 0.1) is 4.90 Å². The Hall–Kier alpha value is -2.47. The molecule has 4 nitrogen and oxygen atoms in total. The van der Waals surface area contributed by atoms with E-state index in [1.54, 1.807) is 36.5 Å². The van der Waals surface area contributed by atoms with E-state index in [0.29, 0.717) is 17.7 Å². The fourth-order valence-corrected chi connectivity index (χ4v) is 2.95. The van der Waals surface area contributed by atoms with Crippen LogP contribution in [0.4, 0.5) is 10.2 Å². The van der Waals surface area contributed by atoms with Gasteiger partial charge in [-0.1, -0.05) is 18.2 Å². The highest BCUT2D eigenvalue weighted by atomic mass is 32.2. The maximum absolute atomic E-state index is 13.4. The number of nitrogens with one attached hydrogen (secondary N) is 1. The SMILES string of the molecule is CS(=O)(=O)c1ccc(CNc2nccc3ccc(F)cc23)cc1. The highest BCUT2D eigenvalue weighted by molar-refractivity contribution is 7.90. The largest absolute Gasteiger partial charge is 0.365 e. The van der Waals surface area contributed by atoms with Crippen molar-refractivity contribution in [3.63, 3.8) is 0 Å². The molecule has 0 aliphatic heterocycles. The standard InChI is InChI=1S/C17H15FN2O2S/c1-23(21,22)15-6-2-12(3-7-15)11-20-17-16-10-14(18)5-4-13(16)8-9-19-17/h2-10H,11H2,1H3,(H,19,20). The number of aromatic nitrogens is 1. The molecule has 0 unspecified atom stereocenters. The van der Waals surface area contributed by atoms with Crippen LogP contribution in [0.5, 0.6) is 0 Å². The number of benzene rings is 2. The van der Waals surface area contributed by atoms with Crippen molar-refractivity contribution in [2.75, 3.05) is 11.6 Å². The lowest BCUT2D eigenvalue weighted by molar-refractivity contribution is 0.602. The third-order valence-corrected chi connectivity index (χ3v) is 4.67. The highest BCUT2D eigenvalue weighted by Crippen LogP contribution is 2.22. The van der Waals surface area contributed by atoms with E-state index < -0.39 is 9.84 Å². The summed E-state index contributed by atoms with van der Waals surface area (Å²) in [5.41, 5.74) is 0.910. The van der Waals surface area contributed by atoms with Crippen LogP contribution in [0.2, 0.25) is 0 Å². The number of anilines is 1. The molecule has 0 aliphatic rings. The molecule has 0 radical (unpaired) electrons. The minimum atomic E-state index is -3.19. The summed E-state index contributed by atoms with van der Waals surface area (Å²) in [5, 5.41) is 4.77. The van der Waals surface area contributed by atoms with Gasteiger partial charge in [-0.15, -0.1) is 0 Å². The van der Waals surface area contributed by atoms with Crippen molar-refractivity contribution >= 4 is 26.4 Å². The first-order valence-electron chi connectivity index (χ1n) is 7.01. The Labute approximate surface area is 133 Å². The molecular weight excluding hydrogens is 315 g/mol. The number of rotatable bonds is 4. The Kier molecular flexibility index (Phi) is 4.00. The first-order valence-corrected chi connectivity index (χ1v) is 8.90. The second-order valence-corrected chi connectivity index (χ2v) is 7.31. The number of pyridine rings is 1. The Morgan fingerprint density at radius 3 is 2.52 bits per heavy atom. The monoisotopic (exact) mass is 330 g/mol. The predicted molar refractivity (Wildman–Crippen MR) is 88.6 cm³/mol. The minimum Gasteiger partial charge on any atom is -0.365 e. The van der Waals surface area contributed by atoms with Crippen molar-refractivity contribution in [1.29, 1.82) is 0 Å². The van der Waals surface area contributed by atoms with Gasteiger partial charge in [0.15, 0.2) is 9.84 Å². The van der Waals surface area contributed by atoms with Crippen LogP contribution in [0.15, 0.2) is 59.6 Å². The van der Waals surface area contributed by atoms with Crippen LogP contribution >= 0.6 is 0 Å². The summed E-state index contributed by atoms with van der Waals surface area (Å²) in [7, 11) is -3.19. The predicted octanol–water partition coefficient (Wildman–Crippen LogP) is 3.39. The molecule has 6 heteroatoms. The summed E-state index contributed by atoms with van der Waals surface area (Å²) < 4.78 is 36.3. The van der Waals surface area contributed by atoms with Crippen molar-refractivity contribution < 1.29 is 12.8 Å². The van der Waals surface area contributed by atoms with E-state index in [0.717, 1.165) is 10.9 Å². The minimum absolute atomic E-state index is 0.284. The molecule has 23 heavy (non-hydrogen) atoms. The van der Waals surface area contributed by atoms with E-state index in [-0.39, 0.29) is 10.7 Å². The molecule has 0 spiro atoms. The first-order chi connectivity index (χ1) is 10.9. The summed E-state index contributed by atoms with van der Waals surface area (Å²) in [6.07, 6.45) is 2.84. The number of halogens is 1. The third-order valence-electron chi connectivity index (χ3n) is 3.54. The molecule has 1 heterocycles. The molecule has 1 aromatic heterocycles. The maximum atomic E-state index is 13.4. The van der Waals surface area contributed by atoms with E-state index in [2.05, 4.69) is 10.3 Å². The fourth-order valence-electron chi connectivity index (χ4n) is 2.32. The van der Waals surface area contributed by atoms with Gasteiger partial charge in [-0.3, -0.25) is 0 Å². The van der Waals surface area contributed by atoms with Crippen molar-refractivity contribution in [1.82, 2.24) is 4.98 Å². The quantitative estimate of drug-likeness (QED) is 0.796. The van der Waals surface area contributed by atoms with Crippen molar-refractivity contribution in [2.45, 2.75) is 11.4 Å². The van der Waals surface area contributed by atoms with Crippen LogP contribution in [0, 0.1) is 5.82 Å². The Balaban J connectivity index is 1.82. The fraction of sp³-hybridized carbons (Fsp3) is 0.118. The van der Waals surface area contributed by atoms with Gasteiger partial charge in [0.1, 0.15) is 11.6 Å². The molecule has 0 saturated heterocycles. The van der Waals surface area contributed by atoms with Gasteiger partial charge in [0, 0.05) is 24.4 Å². The van der Waals surface area contributed by atoms with Gasteiger partial charge < -0.3 is 5.32 Å². The summed E-state index contributed by atoms with van der Waals surface area (Å²) in [5.74, 6) is 0.278. The maximum Gasteiger partial charge on any atom is 0.175 e. The van der Waals surface area contributed by atoms with Crippen molar-refractivity contribution in [2.24, 2.45) is 0 Å². The van der Waals surface area contributed by atoms with E-state index in [1.807, 2.05) is 6.07 Å². The lowest BCUT2D eigenvalue weighted by Gasteiger charge is -2.09. The lowest BCUT2D eigenvalue weighted by atomic mass is 10.1. The average Bonchev–Trinajstić information content (AvgIpc) is 2.52. The zero-order valence-corrected chi connectivity index (χ0v) is 13.3. The van der Waals surface area contributed by atoms with Crippen LogP contribution in [0.1, 0.15) is 5.56 Å². The molecule has 0 atom stereocenters. The van der Waals surface area contributed by atoms with Crippen LogP contribution in [0.3, 0.4) is 0 Å². The summed E-state index contributed by atoms with van der Waals surface area (Å²) in [6, 6.07) is 13.0. The van der Waals surface area contributed by atoms with Gasteiger partial charge in [-0.05, 0) is 41.3 Å². The molecular formula is C17H15FN2O2S. The van der Waals surface area contributed by atoms with Gasteiger partial charge in [0.2, 0.25) is 0 Å². The van der Waals surface area contributed by atoms with Crippen LogP contribution in [0.25, 0.3) is 10.8 Å². The van der Waals surface area contributed by atoms with E-state index in [1.165, 1.54) is 18.4 Å². The smallest absolute Gasteiger partial charge is 0.175 e. The van der Waals surface area contributed by atoms with E-state index >= 15 is 0 Å². The highest BCUT2D eigenvalue weighted by Gasteiger charge is 2.07. The summed E-state index contributed by atoms with van der Waals surface area (Å²) in [4.78, 5) is 4.53. The molecule has 3 aromatic rings. The molecule has 118 valence electrons.